The van der Waals surface area contributed by atoms with Crippen molar-refractivity contribution in [2.75, 3.05) is 19.8 Å². The molecule has 5 fully saturated rings. The first kappa shape index (κ1) is 56.1. The highest BCUT2D eigenvalue weighted by molar-refractivity contribution is 5.30. The van der Waals surface area contributed by atoms with Crippen LogP contribution in [0.25, 0.3) is 0 Å². The minimum absolute atomic E-state index is 0.0511. The maximum atomic E-state index is 14.1. The van der Waals surface area contributed by atoms with E-state index in [2.05, 4.69) is 45.0 Å². The molecule has 6 atom stereocenters. The van der Waals surface area contributed by atoms with E-state index >= 15 is 0 Å². The Hall–Kier alpha value is -3.66. The highest BCUT2D eigenvalue weighted by Gasteiger charge is 2.32. The van der Waals surface area contributed by atoms with E-state index in [4.69, 9.17) is 14.2 Å². The molecule has 3 saturated heterocycles. The number of benzene rings is 4. The van der Waals surface area contributed by atoms with Crippen LogP contribution in [0.15, 0.2) is 60.7 Å². The highest BCUT2D eigenvalue weighted by Crippen LogP contribution is 2.39. The van der Waals surface area contributed by atoms with Gasteiger partial charge >= 0.3 is 0 Å². The molecule has 3 aliphatic heterocycles. The van der Waals surface area contributed by atoms with Crippen LogP contribution in [0.1, 0.15) is 186 Å². The molecule has 0 bridgehead atoms. The Bertz CT molecular complexity index is 2280. The predicted octanol–water partition coefficient (Wildman–Crippen LogP) is 17.7. The monoisotopic (exact) mass is 1000 g/mol. The van der Waals surface area contributed by atoms with E-state index in [1.54, 1.807) is 57.2 Å². The molecule has 396 valence electrons. The third kappa shape index (κ3) is 15.7. The van der Waals surface area contributed by atoms with Gasteiger partial charge in [0.05, 0.1) is 24.9 Å². The Labute approximate surface area is 428 Å². The van der Waals surface area contributed by atoms with Gasteiger partial charge in [-0.3, -0.25) is 0 Å². The summed E-state index contributed by atoms with van der Waals surface area (Å²) in [5.74, 6) is 0.154. The van der Waals surface area contributed by atoms with Crippen molar-refractivity contribution in [2.24, 2.45) is 35.5 Å². The lowest BCUT2D eigenvalue weighted by Crippen LogP contribution is -2.34. The van der Waals surface area contributed by atoms with Gasteiger partial charge in [-0.1, -0.05) is 119 Å². The quantitative estimate of drug-likeness (QED) is 0.132. The van der Waals surface area contributed by atoms with Gasteiger partial charge in [0.2, 0.25) is 0 Å². The minimum Gasteiger partial charge on any atom is -0.378 e. The molecule has 72 heavy (non-hydrogen) atoms. The molecule has 0 aromatic heterocycles. The van der Waals surface area contributed by atoms with Crippen LogP contribution < -0.4 is 0 Å². The molecular formula is C63H84F6O3. The van der Waals surface area contributed by atoms with Gasteiger partial charge in [0.25, 0.3) is 0 Å². The Balaban J connectivity index is 0.000000159. The van der Waals surface area contributed by atoms with Gasteiger partial charge in [-0.15, -0.1) is 0 Å². The maximum Gasteiger partial charge on any atom is 0.162 e. The zero-order valence-corrected chi connectivity index (χ0v) is 44.3. The standard InChI is InChI=1S/C23H34F2O.C21H30F2O.C19H20F2O/c1-16-3-6-18(7-4-16)9-13-21-14-10-19(15-26-21)8-12-20-11-5-17(2)22(24)23(20)25;1-14-3-8-17(9-4-14)19-12-7-16(13-24-19)6-11-18-10-5-15(2)20(22)21(18)23;1-12-3-6-14(7-4-12)17-10-8-15(11-22-17)16-9-5-13(2)18(20)19(16)21/h5,11,16,18-19,21H,3-4,6-10,12-15H2,1-2H3;5,10,14,16-17,19H,3-4,6-9,11-13H2,1-2H3;3-7,9,15,17H,8,10-11H2,1-2H3. The van der Waals surface area contributed by atoms with E-state index in [-0.39, 0.29) is 12.0 Å². The van der Waals surface area contributed by atoms with Crippen molar-refractivity contribution in [1.29, 1.82) is 0 Å². The van der Waals surface area contributed by atoms with E-state index in [1.165, 1.54) is 69.8 Å². The molecule has 2 aliphatic carbocycles. The van der Waals surface area contributed by atoms with Crippen molar-refractivity contribution >= 4 is 0 Å². The number of ether oxygens (including phenoxy) is 3. The average molecular weight is 1000 g/mol. The second-order valence-corrected chi connectivity index (χ2v) is 23.0. The van der Waals surface area contributed by atoms with Crippen LogP contribution in [0, 0.1) is 98.1 Å². The van der Waals surface area contributed by atoms with Gasteiger partial charge < -0.3 is 14.2 Å². The lowest BCUT2D eigenvalue weighted by Gasteiger charge is -2.37. The Morgan fingerprint density at radius 2 is 0.931 bits per heavy atom. The molecule has 0 amide bonds. The van der Waals surface area contributed by atoms with Gasteiger partial charge in [0.15, 0.2) is 34.9 Å². The summed E-state index contributed by atoms with van der Waals surface area (Å²) in [6.45, 7) is 13.5. The second-order valence-electron chi connectivity index (χ2n) is 23.0. The lowest BCUT2D eigenvalue weighted by molar-refractivity contribution is -0.0588. The van der Waals surface area contributed by atoms with Crippen molar-refractivity contribution in [3.8, 4) is 0 Å². The molecule has 5 aliphatic rings. The topological polar surface area (TPSA) is 27.7 Å². The molecule has 3 nitrogen and oxygen atoms in total. The van der Waals surface area contributed by atoms with Crippen molar-refractivity contribution < 1.29 is 40.6 Å². The summed E-state index contributed by atoms with van der Waals surface area (Å²) in [7, 11) is 0. The SMILES string of the molecule is Cc1ccc(C2CCC(c3ccc(C)c(F)c3F)CO2)cc1.Cc1ccc(CCC2CCC(C3CCC(C)CC3)OC2)c(F)c1F.Cc1ccc(CCC2CCC(CCC3CCC(C)CC3)OC2)c(F)c1F. The van der Waals surface area contributed by atoms with E-state index in [0.717, 1.165) is 93.8 Å². The predicted molar refractivity (Wildman–Crippen MR) is 278 cm³/mol. The van der Waals surface area contributed by atoms with Crippen LogP contribution in [0.5, 0.6) is 0 Å². The molecule has 9 rings (SSSR count). The third-order valence-corrected chi connectivity index (χ3v) is 17.3. The van der Waals surface area contributed by atoms with Gasteiger partial charge in [-0.05, 0) is 192 Å². The smallest absolute Gasteiger partial charge is 0.162 e. The Kier molecular flexibility index (Phi) is 21.2. The summed E-state index contributed by atoms with van der Waals surface area (Å²) >= 11 is 0. The van der Waals surface area contributed by atoms with Crippen LogP contribution in [-0.4, -0.2) is 32.0 Å². The lowest BCUT2D eigenvalue weighted by atomic mass is 9.77. The van der Waals surface area contributed by atoms with Crippen LogP contribution in [0.3, 0.4) is 0 Å². The molecule has 3 heterocycles. The zero-order chi connectivity index (χ0) is 51.3. The zero-order valence-electron chi connectivity index (χ0n) is 44.3. The largest absolute Gasteiger partial charge is 0.378 e. The first-order valence-electron chi connectivity index (χ1n) is 27.9. The van der Waals surface area contributed by atoms with E-state index in [9.17, 15) is 26.3 Å². The van der Waals surface area contributed by atoms with Gasteiger partial charge in [0, 0.05) is 19.1 Å². The van der Waals surface area contributed by atoms with E-state index in [0.29, 0.717) is 76.9 Å². The summed E-state index contributed by atoms with van der Waals surface area (Å²) in [5, 5.41) is 0. The fourth-order valence-corrected chi connectivity index (χ4v) is 11.9. The molecule has 6 unspecified atom stereocenters. The molecule has 0 radical (unpaired) electrons. The molecule has 2 saturated carbocycles. The minimum atomic E-state index is -0.738. The van der Waals surface area contributed by atoms with Gasteiger partial charge in [-0.25, -0.2) is 26.3 Å². The number of aryl methyl sites for hydroxylation is 6. The molecule has 4 aromatic carbocycles. The Morgan fingerprint density at radius 1 is 0.417 bits per heavy atom. The highest BCUT2D eigenvalue weighted by atomic mass is 19.2. The van der Waals surface area contributed by atoms with Crippen LogP contribution in [0.2, 0.25) is 0 Å². The average Bonchev–Trinajstić information content (AvgIpc) is 3.40. The molecule has 9 heteroatoms. The van der Waals surface area contributed by atoms with Crippen LogP contribution >= 0.6 is 0 Å². The van der Waals surface area contributed by atoms with Gasteiger partial charge in [0.1, 0.15) is 0 Å². The second kappa shape index (κ2) is 27.2. The fraction of sp³-hybridized carbons (Fsp3) is 0.619. The van der Waals surface area contributed by atoms with Crippen molar-refractivity contribution in [1.82, 2.24) is 0 Å². The fourth-order valence-electron chi connectivity index (χ4n) is 11.9. The van der Waals surface area contributed by atoms with Crippen molar-refractivity contribution in [3.63, 3.8) is 0 Å². The van der Waals surface area contributed by atoms with E-state index in [1.807, 2.05) is 0 Å². The summed E-state index contributed by atoms with van der Waals surface area (Å²) in [6.07, 6.45) is 23.5. The maximum absolute atomic E-state index is 14.1. The summed E-state index contributed by atoms with van der Waals surface area (Å²) in [5.41, 5.74) is 4.91. The number of hydrogen-bond donors (Lipinski definition) is 0. The summed E-state index contributed by atoms with van der Waals surface area (Å²) in [4.78, 5) is 0. The van der Waals surface area contributed by atoms with Crippen LogP contribution in [0.4, 0.5) is 26.3 Å². The number of hydrogen-bond acceptors (Lipinski definition) is 3. The molecule has 0 spiro atoms. The number of rotatable bonds is 12. The normalized spacial score (nSPS) is 27.8. The van der Waals surface area contributed by atoms with Gasteiger partial charge in [-0.2, -0.15) is 0 Å². The molecule has 0 N–H and O–H groups in total. The van der Waals surface area contributed by atoms with Crippen LogP contribution in [-0.2, 0) is 27.1 Å². The van der Waals surface area contributed by atoms with Crippen molar-refractivity contribution in [3.05, 3.63) is 140 Å². The van der Waals surface area contributed by atoms with E-state index < -0.39 is 34.9 Å². The first-order valence-corrected chi connectivity index (χ1v) is 27.9. The summed E-state index contributed by atoms with van der Waals surface area (Å²) in [6, 6.07) is 18.4. The molecule has 4 aromatic rings. The Morgan fingerprint density at radius 3 is 1.44 bits per heavy atom. The summed E-state index contributed by atoms with van der Waals surface area (Å²) < 4.78 is 101. The number of halogens is 6. The van der Waals surface area contributed by atoms with Crippen molar-refractivity contribution in [2.45, 2.75) is 194 Å². The molecular weight excluding hydrogens is 919 g/mol. The third-order valence-electron chi connectivity index (χ3n) is 17.3. The first-order chi connectivity index (χ1) is 34.6.